The Hall–Kier alpha value is -1.45. The van der Waals surface area contributed by atoms with Crippen LogP contribution in [0.4, 0.5) is 5.69 Å². The van der Waals surface area contributed by atoms with Gasteiger partial charge in [0.15, 0.2) is 0 Å². The first-order chi connectivity index (χ1) is 6.24. The van der Waals surface area contributed by atoms with Crippen molar-refractivity contribution in [3.05, 3.63) is 18.1 Å². The van der Waals surface area contributed by atoms with Crippen LogP contribution in [-0.2, 0) is 11.2 Å². The van der Waals surface area contributed by atoms with Crippen LogP contribution >= 0.6 is 0 Å². The smallest absolute Gasteiger partial charge is 0.303 e. The lowest BCUT2D eigenvalue weighted by atomic mass is 10.2. The van der Waals surface area contributed by atoms with Crippen molar-refractivity contribution in [3.8, 4) is 0 Å². The van der Waals surface area contributed by atoms with Crippen LogP contribution in [0.15, 0.2) is 16.7 Å². The van der Waals surface area contributed by atoms with E-state index in [1.54, 1.807) is 12.3 Å². The Balaban J connectivity index is 2.54. The van der Waals surface area contributed by atoms with E-state index in [0.29, 0.717) is 12.2 Å². The van der Waals surface area contributed by atoms with E-state index in [-0.39, 0.29) is 6.42 Å². The van der Waals surface area contributed by atoms with Gasteiger partial charge in [0.1, 0.15) is 5.76 Å². The minimum Gasteiger partial charge on any atom is -0.481 e. The fourth-order valence-corrected chi connectivity index (χ4v) is 1.10. The standard InChI is InChI=1S/C9H13NO3/c1-2-10-7-5-6-13-8(7)3-4-9(11)12/h5-6,10H,2-4H2,1H3,(H,11,12). The predicted octanol–water partition coefficient (Wildman–Crippen LogP) is 1.73. The molecule has 4 heteroatoms. The van der Waals surface area contributed by atoms with Gasteiger partial charge in [0.25, 0.3) is 0 Å². The van der Waals surface area contributed by atoms with E-state index < -0.39 is 5.97 Å². The Morgan fingerprint density at radius 3 is 3.08 bits per heavy atom. The van der Waals surface area contributed by atoms with Crippen LogP contribution in [-0.4, -0.2) is 17.6 Å². The summed E-state index contributed by atoms with van der Waals surface area (Å²) in [6.07, 6.45) is 2.10. The number of aliphatic carboxylic acids is 1. The molecule has 0 spiro atoms. The Kier molecular flexibility index (Phi) is 3.37. The largest absolute Gasteiger partial charge is 0.481 e. The molecular formula is C9H13NO3. The summed E-state index contributed by atoms with van der Waals surface area (Å²) in [7, 11) is 0. The first kappa shape index (κ1) is 9.64. The van der Waals surface area contributed by atoms with Crippen LogP contribution in [0.5, 0.6) is 0 Å². The van der Waals surface area contributed by atoms with Gasteiger partial charge in [-0.25, -0.2) is 0 Å². The number of aryl methyl sites for hydroxylation is 1. The Morgan fingerprint density at radius 1 is 1.69 bits per heavy atom. The molecule has 0 amide bonds. The maximum atomic E-state index is 10.3. The normalized spacial score (nSPS) is 9.92. The maximum Gasteiger partial charge on any atom is 0.303 e. The van der Waals surface area contributed by atoms with E-state index in [4.69, 9.17) is 9.52 Å². The average molecular weight is 183 g/mol. The molecule has 13 heavy (non-hydrogen) atoms. The molecule has 2 N–H and O–H groups in total. The minimum absolute atomic E-state index is 0.103. The van der Waals surface area contributed by atoms with Crippen molar-refractivity contribution in [2.75, 3.05) is 11.9 Å². The average Bonchev–Trinajstić information content (AvgIpc) is 2.49. The number of hydrogen-bond acceptors (Lipinski definition) is 3. The summed E-state index contributed by atoms with van der Waals surface area (Å²) < 4.78 is 5.14. The molecule has 1 rings (SSSR count). The van der Waals surface area contributed by atoms with Gasteiger partial charge < -0.3 is 14.8 Å². The summed E-state index contributed by atoms with van der Waals surface area (Å²) in [5.74, 6) is -0.0944. The lowest BCUT2D eigenvalue weighted by Crippen LogP contribution is -2.01. The molecule has 0 radical (unpaired) electrons. The van der Waals surface area contributed by atoms with Gasteiger partial charge in [-0.3, -0.25) is 4.79 Å². The fourth-order valence-electron chi connectivity index (χ4n) is 1.10. The van der Waals surface area contributed by atoms with Gasteiger partial charge >= 0.3 is 5.97 Å². The molecule has 72 valence electrons. The third-order valence-corrected chi connectivity index (χ3v) is 1.68. The second-order valence-corrected chi connectivity index (χ2v) is 2.68. The molecule has 1 aromatic rings. The summed E-state index contributed by atoms with van der Waals surface area (Å²) in [6.45, 7) is 2.79. The van der Waals surface area contributed by atoms with Gasteiger partial charge in [0.05, 0.1) is 18.4 Å². The number of anilines is 1. The summed E-state index contributed by atoms with van der Waals surface area (Å²) in [5, 5.41) is 11.6. The summed E-state index contributed by atoms with van der Waals surface area (Å²) in [4.78, 5) is 10.3. The molecule has 0 saturated heterocycles. The lowest BCUT2D eigenvalue weighted by Gasteiger charge is -2.01. The highest BCUT2D eigenvalue weighted by atomic mass is 16.4. The first-order valence-electron chi connectivity index (χ1n) is 4.26. The molecule has 0 aliphatic heterocycles. The molecule has 0 aliphatic rings. The first-order valence-corrected chi connectivity index (χ1v) is 4.26. The number of carbonyl (C=O) groups is 1. The molecule has 0 aliphatic carbocycles. The minimum atomic E-state index is -0.807. The molecular weight excluding hydrogens is 170 g/mol. The van der Waals surface area contributed by atoms with E-state index in [1.165, 1.54) is 0 Å². The zero-order valence-electron chi connectivity index (χ0n) is 7.54. The fraction of sp³-hybridized carbons (Fsp3) is 0.444. The van der Waals surface area contributed by atoms with E-state index in [0.717, 1.165) is 12.2 Å². The quantitative estimate of drug-likeness (QED) is 0.729. The molecule has 1 aromatic heterocycles. The van der Waals surface area contributed by atoms with Gasteiger partial charge in [-0.1, -0.05) is 0 Å². The van der Waals surface area contributed by atoms with Crippen LogP contribution in [0, 0.1) is 0 Å². The van der Waals surface area contributed by atoms with Gasteiger partial charge in [0, 0.05) is 13.0 Å². The van der Waals surface area contributed by atoms with Crippen LogP contribution < -0.4 is 5.32 Å². The summed E-state index contributed by atoms with van der Waals surface area (Å²) in [6, 6.07) is 1.81. The topological polar surface area (TPSA) is 62.5 Å². The number of rotatable bonds is 5. The number of carboxylic acid groups (broad SMARTS) is 1. The monoisotopic (exact) mass is 183 g/mol. The molecule has 1 heterocycles. The third-order valence-electron chi connectivity index (χ3n) is 1.68. The Morgan fingerprint density at radius 2 is 2.46 bits per heavy atom. The molecule has 0 aromatic carbocycles. The second kappa shape index (κ2) is 4.54. The second-order valence-electron chi connectivity index (χ2n) is 2.68. The number of nitrogens with one attached hydrogen (secondary N) is 1. The maximum absolute atomic E-state index is 10.3. The molecule has 0 saturated carbocycles. The number of hydrogen-bond donors (Lipinski definition) is 2. The van der Waals surface area contributed by atoms with Crippen LogP contribution in [0.25, 0.3) is 0 Å². The lowest BCUT2D eigenvalue weighted by molar-refractivity contribution is -0.137. The highest BCUT2D eigenvalue weighted by Gasteiger charge is 2.07. The third kappa shape index (κ3) is 2.82. The number of furan rings is 1. The van der Waals surface area contributed by atoms with E-state index in [1.807, 2.05) is 6.92 Å². The zero-order chi connectivity index (χ0) is 9.68. The Bertz CT molecular complexity index is 280. The van der Waals surface area contributed by atoms with Crippen molar-refractivity contribution in [2.45, 2.75) is 19.8 Å². The van der Waals surface area contributed by atoms with Gasteiger partial charge in [0.2, 0.25) is 0 Å². The highest BCUT2D eigenvalue weighted by Crippen LogP contribution is 2.17. The zero-order valence-corrected chi connectivity index (χ0v) is 7.54. The van der Waals surface area contributed by atoms with Crippen molar-refractivity contribution in [1.29, 1.82) is 0 Å². The summed E-state index contributed by atoms with van der Waals surface area (Å²) in [5.41, 5.74) is 0.892. The van der Waals surface area contributed by atoms with Crippen molar-refractivity contribution in [3.63, 3.8) is 0 Å². The van der Waals surface area contributed by atoms with E-state index in [9.17, 15) is 4.79 Å². The van der Waals surface area contributed by atoms with Crippen LogP contribution in [0.2, 0.25) is 0 Å². The molecule has 4 nitrogen and oxygen atoms in total. The summed E-state index contributed by atoms with van der Waals surface area (Å²) >= 11 is 0. The van der Waals surface area contributed by atoms with Crippen molar-refractivity contribution in [2.24, 2.45) is 0 Å². The number of carboxylic acids is 1. The molecule has 0 fully saturated rings. The highest BCUT2D eigenvalue weighted by molar-refractivity contribution is 5.67. The van der Waals surface area contributed by atoms with Gasteiger partial charge in [-0.05, 0) is 13.0 Å². The molecule has 0 atom stereocenters. The molecule has 0 bridgehead atoms. The van der Waals surface area contributed by atoms with Crippen molar-refractivity contribution < 1.29 is 14.3 Å². The Labute approximate surface area is 76.6 Å². The predicted molar refractivity (Wildman–Crippen MR) is 48.8 cm³/mol. The van der Waals surface area contributed by atoms with Gasteiger partial charge in [-0.2, -0.15) is 0 Å². The van der Waals surface area contributed by atoms with E-state index in [2.05, 4.69) is 5.32 Å². The van der Waals surface area contributed by atoms with Crippen molar-refractivity contribution in [1.82, 2.24) is 0 Å². The van der Waals surface area contributed by atoms with Crippen molar-refractivity contribution >= 4 is 11.7 Å². The van der Waals surface area contributed by atoms with Crippen LogP contribution in [0.1, 0.15) is 19.1 Å². The molecule has 0 unspecified atom stereocenters. The SMILES string of the molecule is CCNc1ccoc1CCC(=O)O. The van der Waals surface area contributed by atoms with Crippen LogP contribution in [0.3, 0.4) is 0 Å². The van der Waals surface area contributed by atoms with E-state index >= 15 is 0 Å². The van der Waals surface area contributed by atoms with Gasteiger partial charge in [-0.15, -0.1) is 0 Å².